The summed E-state index contributed by atoms with van der Waals surface area (Å²) in [6.07, 6.45) is 0.761. The van der Waals surface area contributed by atoms with E-state index >= 15 is 0 Å². The number of rotatable bonds is 5. The van der Waals surface area contributed by atoms with E-state index in [9.17, 15) is 8.42 Å². The number of sulfonamides is 1. The van der Waals surface area contributed by atoms with Gasteiger partial charge >= 0.3 is 0 Å². The van der Waals surface area contributed by atoms with Gasteiger partial charge in [-0.1, -0.05) is 30.3 Å². The highest BCUT2D eigenvalue weighted by Crippen LogP contribution is 2.30. The van der Waals surface area contributed by atoms with Crippen LogP contribution in [0.2, 0.25) is 0 Å². The molecule has 0 fully saturated rings. The van der Waals surface area contributed by atoms with Gasteiger partial charge in [-0.15, -0.1) is 0 Å². The van der Waals surface area contributed by atoms with E-state index in [-0.39, 0.29) is 4.91 Å². The van der Waals surface area contributed by atoms with Crippen LogP contribution in [0.4, 0.5) is 0 Å². The largest absolute Gasteiger partial charge is 0.497 e. The van der Waals surface area contributed by atoms with Crippen LogP contribution in [-0.2, 0) is 16.4 Å². The maximum atomic E-state index is 12.5. The monoisotopic (exact) mass is 356 g/mol. The molecule has 1 aliphatic heterocycles. The zero-order valence-corrected chi connectivity index (χ0v) is 15.0. The standard InChI is InChI=1S/C19H20N2O3S/c1-14-18(16-8-10-17(24-2)11-9-16)25(22,23)21-19(14)20-13-12-15-6-4-3-5-7-15/h3-11H,12-13H2,1-2H3,(H,20,21). The number of hydrogen-bond donors (Lipinski definition) is 1. The molecule has 0 bridgehead atoms. The van der Waals surface area contributed by atoms with Crippen LogP contribution in [0.25, 0.3) is 4.91 Å². The molecule has 0 atom stereocenters. The van der Waals surface area contributed by atoms with E-state index in [2.05, 4.69) is 9.71 Å². The van der Waals surface area contributed by atoms with Crippen molar-refractivity contribution in [2.75, 3.05) is 13.7 Å². The van der Waals surface area contributed by atoms with Gasteiger partial charge in [0.15, 0.2) is 0 Å². The van der Waals surface area contributed by atoms with Gasteiger partial charge in [0, 0.05) is 12.1 Å². The van der Waals surface area contributed by atoms with Crippen molar-refractivity contribution in [3.63, 3.8) is 0 Å². The molecule has 2 aromatic rings. The summed E-state index contributed by atoms with van der Waals surface area (Å²) in [4.78, 5) is 4.72. The molecule has 0 unspecified atom stereocenters. The second-order valence-corrected chi connectivity index (χ2v) is 7.37. The second-order valence-electron chi connectivity index (χ2n) is 5.75. The SMILES string of the molecule is COc1ccc(C2=C(C)C(=NCCc3ccccc3)NS2(=O)=O)cc1. The minimum absolute atomic E-state index is 0.272. The molecule has 1 N–H and O–H groups in total. The first-order valence-electron chi connectivity index (χ1n) is 7.98. The highest BCUT2D eigenvalue weighted by molar-refractivity contribution is 8.00. The molecule has 3 rings (SSSR count). The van der Waals surface area contributed by atoms with Gasteiger partial charge in [0.05, 0.1) is 7.11 Å². The number of benzene rings is 2. The Morgan fingerprint density at radius 2 is 1.72 bits per heavy atom. The fraction of sp³-hybridized carbons (Fsp3) is 0.211. The Morgan fingerprint density at radius 3 is 2.36 bits per heavy atom. The van der Waals surface area contributed by atoms with Gasteiger partial charge in [-0.25, -0.2) is 8.42 Å². The fourth-order valence-corrected chi connectivity index (χ4v) is 4.29. The Balaban J connectivity index is 1.84. The lowest BCUT2D eigenvalue weighted by Crippen LogP contribution is -2.24. The number of methoxy groups -OCH3 is 1. The Labute approximate surface area is 148 Å². The van der Waals surface area contributed by atoms with Crippen LogP contribution in [0.5, 0.6) is 5.75 Å². The van der Waals surface area contributed by atoms with Gasteiger partial charge in [0.1, 0.15) is 16.5 Å². The summed E-state index contributed by atoms with van der Waals surface area (Å²) >= 11 is 0. The minimum atomic E-state index is -3.60. The molecule has 0 saturated heterocycles. The molecule has 6 heteroatoms. The highest BCUT2D eigenvalue weighted by Gasteiger charge is 2.32. The van der Waals surface area contributed by atoms with E-state index in [0.29, 0.717) is 29.3 Å². The Kier molecular flexibility index (Phi) is 4.90. The van der Waals surface area contributed by atoms with Crippen LogP contribution in [0, 0.1) is 0 Å². The molecule has 25 heavy (non-hydrogen) atoms. The number of aliphatic imine (C=N–C) groups is 1. The molecule has 0 spiro atoms. The third kappa shape index (κ3) is 3.74. The van der Waals surface area contributed by atoms with Gasteiger partial charge in [0.2, 0.25) is 0 Å². The van der Waals surface area contributed by atoms with Crippen molar-refractivity contribution in [1.29, 1.82) is 0 Å². The van der Waals surface area contributed by atoms with Gasteiger partial charge in [-0.05, 0) is 48.7 Å². The summed E-state index contributed by atoms with van der Waals surface area (Å²) in [5, 5.41) is 0. The molecule has 2 aromatic carbocycles. The van der Waals surface area contributed by atoms with Crippen LogP contribution in [-0.4, -0.2) is 27.9 Å². The third-order valence-electron chi connectivity index (χ3n) is 4.06. The molecule has 0 amide bonds. The van der Waals surface area contributed by atoms with Crippen molar-refractivity contribution in [3.8, 4) is 5.75 Å². The molecule has 0 saturated carbocycles. The van der Waals surface area contributed by atoms with Crippen LogP contribution < -0.4 is 9.46 Å². The molecular weight excluding hydrogens is 336 g/mol. The topological polar surface area (TPSA) is 67.8 Å². The first kappa shape index (κ1) is 17.2. The van der Waals surface area contributed by atoms with Crippen LogP contribution in [0.3, 0.4) is 0 Å². The molecule has 5 nitrogen and oxygen atoms in total. The molecule has 0 radical (unpaired) electrons. The first-order valence-corrected chi connectivity index (χ1v) is 9.46. The molecule has 0 aromatic heterocycles. The smallest absolute Gasteiger partial charge is 0.264 e. The summed E-state index contributed by atoms with van der Waals surface area (Å²) in [6, 6.07) is 17.0. The van der Waals surface area contributed by atoms with E-state index in [0.717, 1.165) is 6.42 Å². The van der Waals surface area contributed by atoms with Crippen LogP contribution in [0.1, 0.15) is 18.1 Å². The maximum Gasteiger partial charge on any atom is 0.264 e. The third-order valence-corrected chi connectivity index (χ3v) is 5.60. The molecule has 1 heterocycles. The van der Waals surface area contributed by atoms with Crippen molar-refractivity contribution >= 4 is 20.8 Å². The Bertz CT molecular complexity index is 915. The van der Waals surface area contributed by atoms with Gasteiger partial charge in [-0.3, -0.25) is 9.71 Å². The summed E-state index contributed by atoms with van der Waals surface area (Å²) in [5.41, 5.74) is 2.43. The molecule has 130 valence electrons. The van der Waals surface area contributed by atoms with Gasteiger partial charge in [0.25, 0.3) is 10.0 Å². The van der Waals surface area contributed by atoms with E-state index < -0.39 is 10.0 Å². The van der Waals surface area contributed by atoms with E-state index in [4.69, 9.17) is 4.74 Å². The second kappa shape index (κ2) is 7.11. The van der Waals surface area contributed by atoms with Crippen LogP contribution in [0.15, 0.2) is 65.2 Å². The predicted octanol–water partition coefficient (Wildman–Crippen LogP) is 3.00. The van der Waals surface area contributed by atoms with E-state index in [1.807, 2.05) is 30.3 Å². The summed E-state index contributed by atoms with van der Waals surface area (Å²) in [7, 11) is -2.02. The van der Waals surface area contributed by atoms with Gasteiger partial charge < -0.3 is 4.74 Å². The fourth-order valence-electron chi connectivity index (χ4n) is 2.77. The minimum Gasteiger partial charge on any atom is -0.497 e. The van der Waals surface area contributed by atoms with Crippen molar-refractivity contribution in [3.05, 3.63) is 71.3 Å². The number of nitrogens with one attached hydrogen (secondary N) is 1. The Hall–Kier alpha value is -2.60. The van der Waals surface area contributed by atoms with Crippen molar-refractivity contribution in [1.82, 2.24) is 4.72 Å². The number of ether oxygens (including phenoxy) is 1. The van der Waals surface area contributed by atoms with Crippen molar-refractivity contribution in [2.45, 2.75) is 13.3 Å². The zero-order chi connectivity index (χ0) is 17.9. The summed E-state index contributed by atoms with van der Waals surface area (Å²) in [6.45, 7) is 2.30. The lowest BCUT2D eigenvalue weighted by atomic mass is 10.1. The first-order chi connectivity index (χ1) is 12.0. The zero-order valence-electron chi connectivity index (χ0n) is 14.2. The van der Waals surface area contributed by atoms with Crippen molar-refractivity contribution in [2.24, 2.45) is 4.99 Å². The van der Waals surface area contributed by atoms with E-state index in [1.165, 1.54) is 5.56 Å². The number of amidine groups is 1. The maximum absolute atomic E-state index is 12.5. The molecule has 0 aliphatic carbocycles. The molecule has 1 aliphatic rings. The quantitative estimate of drug-likeness (QED) is 0.895. The highest BCUT2D eigenvalue weighted by atomic mass is 32.2. The van der Waals surface area contributed by atoms with Crippen LogP contribution >= 0.6 is 0 Å². The van der Waals surface area contributed by atoms with Gasteiger partial charge in [-0.2, -0.15) is 0 Å². The average Bonchev–Trinajstić information content (AvgIpc) is 2.85. The normalized spacial score (nSPS) is 17.6. The lowest BCUT2D eigenvalue weighted by Gasteiger charge is -2.04. The predicted molar refractivity (Wildman–Crippen MR) is 100 cm³/mol. The lowest BCUT2D eigenvalue weighted by molar-refractivity contribution is 0.415. The van der Waals surface area contributed by atoms with E-state index in [1.54, 1.807) is 38.3 Å². The summed E-state index contributed by atoms with van der Waals surface area (Å²) < 4.78 is 32.7. The number of hydrogen-bond acceptors (Lipinski definition) is 4. The van der Waals surface area contributed by atoms with Crippen molar-refractivity contribution < 1.29 is 13.2 Å². The Morgan fingerprint density at radius 1 is 1.04 bits per heavy atom. The summed E-state index contributed by atoms with van der Waals surface area (Å²) in [5.74, 6) is 1.10. The molecular formula is C19H20N2O3S. The number of nitrogens with zero attached hydrogens (tertiary/aromatic N) is 1. The average molecular weight is 356 g/mol.